The number of nitrogens with zero attached hydrogens (tertiary/aromatic N) is 1. The number of hydrogen-bond acceptors (Lipinski definition) is 3. The van der Waals surface area contributed by atoms with E-state index in [0.717, 1.165) is 25.7 Å². The summed E-state index contributed by atoms with van der Waals surface area (Å²) in [5.74, 6) is 0. The van der Waals surface area contributed by atoms with Crippen molar-refractivity contribution in [3.8, 4) is 0 Å². The van der Waals surface area contributed by atoms with Crippen molar-refractivity contribution in [2.45, 2.75) is 51.1 Å². The Morgan fingerprint density at radius 2 is 2.06 bits per heavy atom. The second-order valence-electron chi connectivity index (χ2n) is 5.51. The molecule has 0 saturated heterocycles. The molecule has 2 rings (SSSR count). The Labute approximate surface area is 115 Å². The summed E-state index contributed by atoms with van der Waals surface area (Å²) in [6.45, 7) is 3.35. The summed E-state index contributed by atoms with van der Waals surface area (Å²) in [6.07, 6.45) is 8.49. The summed E-state index contributed by atoms with van der Waals surface area (Å²) in [4.78, 5) is 2.41. The Bertz CT molecular complexity index is 302. The van der Waals surface area contributed by atoms with Crippen LogP contribution in [0.2, 0.25) is 0 Å². The van der Waals surface area contributed by atoms with Crippen molar-refractivity contribution in [1.29, 1.82) is 0 Å². The highest BCUT2D eigenvalue weighted by molar-refractivity contribution is 7.07. The first-order valence-electron chi connectivity index (χ1n) is 7.27. The quantitative estimate of drug-likeness (QED) is 0.793. The zero-order valence-electron chi connectivity index (χ0n) is 11.5. The van der Waals surface area contributed by atoms with E-state index < -0.39 is 0 Å². The van der Waals surface area contributed by atoms with Crippen molar-refractivity contribution in [3.05, 3.63) is 22.4 Å². The number of thiophene rings is 1. The first-order valence-corrected chi connectivity index (χ1v) is 8.22. The molecule has 0 bridgehead atoms. The molecule has 1 N–H and O–H groups in total. The SMILES string of the molecule is CN(CCNC1CCCCCC1)Cc1ccsc1. The highest BCUT2D eigenvalue weighted by atomic mass is 32.1. The van der Waals surface area contributed by atoms with Gasteiger partial charge in [-0.05, 0) is 42.3 Å². The lowest BCUT2D eigenvalue weighted by Crippen LogP contribution is -2.35. The van der Waals surface area contributed by atoms with Crippen molar-refractivity contribution in [2.75, 3.05) is 20.1 Å². The van der Waals surface area contributed by atoms with Gasteiger partial charge in [0, 0.05) is 25.7 Å². The van der Waals surface area contributed by atoms with E-state index in [-0.39, 0.29) is 0 Å². The summed E-state index contributed by atoms with van der Waals surface area (Å²) in [6, 6.07) is 3.00. The summed E-state index contributed by atoms with van der Waals surface area (Å²) < 4.78 is 0. The first-order chi connectivity index (χ1) is 8.84. The zero-order valence-corrected chi connectivity index (χ0v) is 12.3. The lowest BCUT2D eigenvalue weighted by Gasteiger charge is -2.20. The second kappa shape index (κ2) is 7.93. The third-order valence-electron chi connectivity index (χ3n) is 3.81. The van der Waals surface area contributed by atoms with Gasteiger partial charge < -0.3 is 10.2 Å². The predicted octanol–water partition coefficient (Wildman–Crippen LogP) is 3.49. The summed E-state index contributed by atoms with van der Waals surface area (Å²) in [5.41, 5.74) is 1.44. The summed E-state index contributed by atoms with van der Waals surface area (Å²) in [5, 5.41) is 8.14. The van der Waals surface area contributed by atoms with Gasteiger partial charge in [0.2, 0.25) is 0 Å². The molecule has 0 radical (unpaired) electrons. The number of likely N-dealkylation sites (N-methyl/N-ethyl adjacent to an activating group) is 1. The van der Waals surface area contributed by atoms with Crippen LogP contribution >= 0.6 is 11.3 Å². The monoisotopic (exact) mass is 266 g/mol. The van der Waals surface area contributed by atoms with E-state index in [1.54, 1.807) is 11.3 Å². The van der Waals surface area contributed by atoms with Gasteiger partial charge in [0.1, 0.15) is 0 Å². The summed E-state index contributed by atoms with van der Waals surface area (Å²) in [7, 11) is 2.21. The Morgan fingerprint density at radius 1 is 1.28 bits per heavy atom. The molecule has 0 aliphatic heterocycles. The third kappa shape index (κ3) is 5.09. The molecule has 0 amide bonds. The van der Waals surface area contributed by atoms with E-state index in [0.29, 0.717) is 0 Å². The minimum absolute atomic E-state index is 0.780. The molecular weight excluding hydrogens is 240 g/mol. The normalized spacial score (nSPS) is 18.1. The van der Waals surface area contributed by atoms with E-state index >= 15 is 0 Å². The molecule has 0 spiro atoms. The minimum Gasteiger partial charge on any atom is -0.313 e. The van der Waals surface area contributed by atoms with Gasteiger partial charge in [0.25, 0.3) is 0 Å². The van der Waals surface area contributed by atoms with Crippen LogP contribution in [-0.4, -0.2) is 31.1 Å². The molecular formula is C15H26N2S. The van der Waals surface area contributed by atoms with Crippen LogP contribution in [0.1, 0.15) is 44.1 Å². The molecule has 0 unspecified atom stereocenters. The predicted molar refractivity (Wildman–Crippen MR) is 80.1 cm³/mol. The standard InChI is InChI=1S/C15H26N2S/c1-17(12-14-8-11-18-13-14)10-9-16-15-6-4-2-3-5-7-15/h8,11,13,15-16H,2-7,9-10,12H2,1H3. The van der Waals surface area contributed by atoms with E-state index in [9.17, 15) is 0 Å². The van der Waals surface area contributed by atoms with Crippen LogP contribution in [0.25, 0.3) is 0 Å². The fourth-order valence-corrected chi connectivity index (χ4v) is 3.38. The Balaban J connectivity index is 1.59. The van der Waals surface area contributed by atoms with Gasteiger partial charge in [-0.3, -0.25) is 0 Å². The highest BCUT2D eigenvalue weighted by Gasteiger charge is 2.11. The van der Waals surface area contributed by atoms with E-state index in [1.165, 1.54) is 44.1 Å². The van der Waals surface area contributed by atoms with Crippen LogP contribution in [0.15, 0.2) is 16.8 Å². The van der Waals surface area contributed by atoms with Crippen molar-refractivity contribution >= 4 is 11.3 Å². The van der Waals surface area contributed by atoms with Gasteiger partial charge in [0.15, 0.2) is 0 Å². The lowest BCUT2D eigenvalue weighted by atomic mass is 10.1. The van der Waals surface area contributed by atoms with Gasteiger partial charge in [-0.2, -0.15) is 11.3 Å². The molecule has 0 atom stereocenters. The smallest absolute Gasteiger partial charge is 0.0239 e. The third-order valence-corrected chi connectivity index (χ3v) is 4.55. The van der Waals surface area contributed by atoms with Crippen LogP contribution in [0.3, 0.4) is 0 Å². The van der Waals surface area contributed by atoms with Crippen LogP contribution in [0, 0.1) is 0 Å². The maximum atomic E-state index is 3.73. The second-order valence-corrected chi connectivity index (χ2v) is 6.29. The molecule has 3 heteroatoms. The maximum Gasteiger partial charge on any atom is 0.0239 e. The van der Waals surface area contributed by atoms with Gasteiger partial charge >= 0.3 is 0 Å². The Hall–Kier alpha value is -0.380. The molecule has 1 heterocycles. The average molecular weight is 266 g/mol. The van der Waals surface area contributed by atoms with E-state index in [4.69, 9.17) is 0 Å². The number of rotatable bonds is 6. The lowest BCUT2D eigenvalue weighted by molar-refractivity contribution is 0.312. The average Bonchev–Trinajstić information content (AvgIpc) is 2.72. The van der Waals surface area contributed by atoms with Gasteiger partial charge in [-0.25, -0.2) is 0 Å². The molecule has 1 aliphatic rings. The van der Waals surface area contributed by atoms with Gasteiger partial charge in [-0.1, -0.05) is 25.7 Å². The fraction of sp³-hybridized carbons (Fsp3) is 0.733. The fourth-order valence-electron chi connectivity index (χ4n) is 2.72. The van der Waals surface area contributed by atoms with Crippen molar-refractivity contribution in [1.82, 2.24) is 10.2 Å². The molecule has 2 nitrogen and oxygen atoms in total. The topological polar surface area (TPSA) is 15.3 Å². The van der Waals surface area contributed by atoms with Crippen LogP contribution in [0.4, 0.5) is 0 Å². The van der Waals surface area contributed by atoms with Crippen molar-refractivity contribution in [2.24, 2.45) is 0 Å². The van der Waals surface area contributed by atoms with Crippen LogP contribution in [-0.2, 0) is 6.54 Å². The first kappa shape index (κ1) is 14.0. The molecule has 1 aromatic heterocycles. The van der Waals surface area contributed by atoms with E-state index in [1.807, 2.05) is 0 Å². The van der Waals surface area contributed by atoms with Crippen LogP contribution < -0.4 is 5.32 Å². The molecule has 0 aromatic carbocycles. The maximum absolute atomic E-state index is 3.73. The molecule has 18 heavy (non-hydrogen) atoms. The zero-order chi connectivity index (χ0) is 12.6. The highest BCUT2D eigenvalue weighted by Crippen LogP contribution is 2.17. The van der Waals surface area contributed by atoms with Gasteiger partial charge in [-0.15, -0.1) is 0 Å². The van der Waals surface area contributed by atoms with Crippen molar-refractivity contribution in [3.63, 3.8) is 0 Å². The van der Waals surface area contributed by atoms with E-state index in [2.05, 4.69) is 34.1 Å². The Kier molecular flexibility index (Phi) is 6.18. The summed E-state index contributed by atoms with van der Waals surface area (Å²) >= 11 is 1.79. The largest absolute Gasteiger partial charge is 0.313 e. The molecule has 1 saturated carbocycles. The van der Waals surface area contributed by atoms with Crippen LogP contribution in [0.5, 0.6) is 0 Å². The Morgan fingerprint density at radius 3 is 2.72 bits per heavy atom. The molecule has 1 aromatic rings. The number of nitrogens with one attached hydrogen (secondary N) is 1. The van der Waals surface area contributed by atoms with Gasteiger partial charge in [0.05, 0.1) is 0 Å². The minimum atomic E-state index is 0.780. The molecule has 1 fully saturated rings. The molecule has 1 aliphatic carbocycles. The van der Waals surface area contributed by atoms with Crippen molar-refractivity contribution < 1.29 is 0 Å². The molecule has 102 valence electrons. The number of hydrogen-bond donors (Lipinski definition) is 1.